The van der Waals surface area contributed by atoms with E-state index in [0.717, 1.165) is 16.2 Å². The van der Waals surface area contributed by atoms with Crippen molar-refractivity contribution in [2.24, 2.45) is 0 Å². The molecule has 2 aromatic rings. The maximum Gasteiger partial charge on any atom is 0.341 e. The van der Waals surface area contributed by atoms with Crippen LogP contribution in [-0.2, 0) is 11.2 Å². The second-order valence-electron chi connectivity index (χ2n) is 5.41. The monoisotopic (exact) mass is 393 g/mol. The van der Waals surface area contributed by atoms with Crippen LogP contribution in [0.4, 0.5) is 0 Å². The second-order valence-corrected chi connectivity index (χ2v) is 7.15. The molecular weight excluding hydrogens is 374 g/mol. The first kappa shape index (κ1) is 20.1. The van der Waals surface area contributed by atoms with Crippen LogP contribution in [0.15, 0.2) is 47.4 Å². The molecule has 138 valence electrons. The lowest BCUT2D eigenvalue weighted by atomic mass is 10.1. The van der Waals surface area contributed by atoms with E-state index in [1.807, 2.05) is 19.1 Å². The van der Waals surface area contributed by atoms with E-state index in [2.05, 4.69) is 5.32 Å². The molecule has 7 heteroatoms. The molecule has 0 aliphatic rings. The largest absolute Gasteiger partial charge is 0.482 e. The van der Waals surface area contributed by atoms with E-state index in [0.29, 0.717) is 29.3 Å². The number of aliphatic carboxylic acids is 1. The van der Waals surface area contributed by atoms with E-state index in [-0.39, 0.29) is 12.5 Å². The van der Waals surface area contributed by atoms with E-state index in [4.69, 9.17) is 21.4 Å². The lowest BCUT2D eigenvalue weighted by Gasteiger charge is -2.10. The molecule has 0 spiro atoms. The Bertz CT molecular complexity index is 765. The molecule has 0 saturated carbocycles. The normalized spacial score (nSPS) is 10.4. The Morgan fingerprint density at radius 2 is 1.92 bits per heavy atom. The van der Waals surface area contributed by atoms with Crippen molar-refractivity contribution >= 4 is 35.2 Å². The first-order valence-electron chi connectivity index (χ1n) is 8.13. The molecule has 2 N–H and O–H groups in total. The van der Waals surface area contributed by atoms with Crippen molar-refractivity contribution in [2.75, 3.05) is 18.9 Å². The van der Waals surface area contributed by atoms with Gasteiger partial charge in [0.15, 0.2) is 6.61 Å². The van der Waals surface area contributed by atoms with Crippen LogP contribution < -0.4 is 10.1 Å². The molecule has 0 atom stereocenters. The molecule has 5 nitrogen and oxygen atoms in total. The SMILES string of the molecule is CCSc1cc(Cl)ccc1C(=O)NCCc1ccc(OCC(=O)O)cc1. The zero-order chi connectivity index (χ0) is 18.9. The van der Waals surface area contributed by atoms with Crippen LogP contribution in [0, 0.1) is 0 Å². The van der Waals surface area contributed by atoms with Gasteiger partial charge in [0.05, 0.1) is 5.56 Å². The maximum atomic E-state index is 12.4. The Hall–Kier alpha value is -2.18. The summed E-state index contributed by atoms with van der Waals surface area (Å²) in [6, 6.07) is 12.4. The van der Waals surface area contributed by atoms with Crippen LogP contribution in [0.1, 0.15) is 22.8 Å². The lowest BCUT2D eigenvalue weighted by Crippen LogP contribution is -2.26. The van der Waals surface area contributed by atoms with Gasteiger partial charge in [0.1, 0.15) is 5.75 Å². The highest BCUT2D eigenvalue weighted by molar-refractivity contribution is 7.99. The number of amides is 1. The highest BCUT2D eigenvalue weighted by Gasteiger charge is 2.11. The van der Waals surface area contributed by atoms with Crippen LogP contribution in [0.25, 0.3) is 0 Å². The predicted octanol–water partition coefficient (Wildman–Crippen LogP) is 3.89. The number of ether oxygens (including phenoxy) is 1. The summed E-state index contributed by atoms with van der Waals surface area (Å²) >= 11 is 7.59. The van der Waals surface area contributed by atoms with Crippen LogP contribution in [0.5, 0.6) is 5.75 Å². The third-order valence-corrected chi connectivity index (χ3v) is 4.65. The molecule has 0 aromatic heterocycles. The molecule has 26 heavy (non-hydrogen) atoms. The molecule has 0 heterocycles. The van der Waals surface area contributed by atoms with Gasteiger partial charge in [-0.25, -0.2) is 4.79 Å². The number of thioether (sulfide) groups is 1. The van der Waals surface area contributed by atoms with Gasteiger partial charge in [0, 0.05) is 16.5 Å². The number of carbonyl (C=O) groups is 2. The summed E-state index contributed by atoms with van der Waals surface area (Å²) in [6.45, 7) is 2.15. The van der Waals surface area contributed by atoms with Gasteiger partial charge in [0.25, 0.3) is 5.91 Å². The van der Waals surface area contributed by atoms with Crippen molar-refractivity contribution in [3.63, 3.8) is 0 Å². The Morgan fingerprint density at radius 3 is 2.58 bits per heavy atom. The third kappa shape index (κ3) is 6.28. The number of hydrogen-bond acceptors (Lipinski definition) is 4. The van der Waals surface area contributed by atoms with Crippen molar-refractivity contribution in [1.82, 2.24) is 5.32 Å². The average molecular weight is 394 g/mol. The fourth-order valence-electron chi connectivity index (χ4n) is 2.27. The van der Waals surface area contributed by atoms with Gasteiger partial charge in [0.2, 0.25) is 0 Å². The minimum absolute atomic E-state index is 0.126. The van der Waals surface area contributed by atoms with Crippen molar-refractivity contribution in [1.29, 1.82) is 0 Å². The topological polar surface area (TPSA) is 75.6 Å². The van der Waals surface area contributed by atoms with E-state index in [1.165, 1.54) is 0 Å². The number of benzene rings is 2. The van der Waals surface area contributed by atoms with Crippen LogP contribution in [0.2, 0.25) is 5.02 Å². The van der Waals surface area contributed by atoms with Gasteiger partial charge < -0.3 is 15.2 Å². The summed E-state index contributed by atoms with van der Waals surface area (Å²) in [7, 11) is 0. The Balaban J connectivity index is 1.87. The van der Waals surface area contributed by atoms with Crippen molar-refractivity contribution in [2.45, 2.75) is 18.2 Å². The summed E-state index contributed by atoms with van der Waals surface area (Å²) in [5.74, 6) is 0.220. The Labute approximate surface area is 161 Å². The molecule has 0 aliphatic heterocycles. The number of rotatable bonds is 9. The predicted molar refractivity (Wildman–Crippen MR) is 103 cm³/mol. The van der Waals surface area contributed by atoms with Gasteiger partial charge >= 0.3 is 5.97 Å². The number of carbonyl (C=O) groups excluding carboxylic acids is 1. The molecule has 0 saturated heterocycles. The summed E-state index contributed by atoms with van der Waals surface area (Å²) in [5, 5.41) is 12.1. The standard InChI is InChI=1S/C19H20ClNO4S/c1-2-26-17-11-14(20)5-8-16(17)19(24)21-10-9-13-3-6-15(7-4-13)25-12-18(22)23/h3-8,11H,2,9-10,12H2,1H3,(H,21,24)(H,22,23). The summed E-state index contributed by atoms with van der Waals surface area (Å²) < 4.78 is 5.09. The van der Waals surface area contributed by atoms with E-state index < -0.39 is 5.97 Å². The molecular formula is C19H20ClNO4S. The Kier molecular flexibility index (Phi) is 7.81. The van der Waals surface area contributed by atoms with Crippen LogP contribution in [0.3, 0.4) is 0 Å². The Morgan fingerprint density at radius 1 is 1.19 bits per heavy atom. The summed E-state index contributed by atoms with van der Waals surface area (Å²) in [4.78, 5) is 23.7. The number of nitrogens with one attached hydrogen (secondary N) is 1. The maximum absolute atomic E-state index is 12.4. The molecule has 1 amide bonds. The fourth-order valence-corrected chi connectivity index (χ4v) is 3.35. The minimum atomic E-state index is -1.01. The minimum Gasteiger partial charge on any atom is -0.482 e. The fraction of sp³-hybridized carbons (Fsp3) is 0.263. The first-order chi connectivity index (χ1) is 12.5. The quantitative estimate of drug-likeness (QED) is 0.632. The van der Waals surface area contributed by atoms with Crippen LogP contribution >= 0.6 is 23.4 Å². The van der Waals surface area contributed by atoms with Crippen molar-refractivity contribution in [3.05, 3.63) is 58.6 Å². The van der Waals surface area contributed by atoms with Gasteiger partial charge in [-0.1, -0.05) is 30.7 Å². The molecule has 0 bridgehead atoms. The highest BCUT2D eigenvalue weighted by Crippen LogP contribution is 2.26. The number of carboxylic acid groups (broad SMARTS) is 1. The van der Waals surface area contributed by atoms with Gasteiger partial charge in [-0.2, -0.15) is 0 Å². The molecule has 0 unspecified atom stereocenters. The van der Waals surface area contributed by atoms with Crippen molar-refractivity contribution < 1.29 is 19.4 Å². The first-order valence-corrected chi connectivity index (χ1v) is 9.50. The molecule has 0 fully saturated rings. The summed E-state index contributed by atoms with van der Waals surface area (Å²) in [6.07, 6.45) is 0.662. The van der Waals surface area contributed by atoms with Crippen molar-refractivity contribution in [3.8, 4) is 5.75 Å². The summed E-state index contributed by atoms with van der Waals surface area (Å²) in [5.41, 5.74) is 1.64. The van der Waals surface area contributed by atoms with E-state index >= 15 is 0 Å². The lowest BCUT2D eigenvalue weighted by molar-refractivity contribution is -0.139. The average Bonchev–Trinajstić information content (AvgIpc) is 2.61. The third-order valence-electron chi connectivity index (χ3n) is 3.47. The molecule has 0 radical (unpaired) electrons. The number of halogens is 1. The zero-order valence-corrected chi connectivity index (χ0v) is 15.9. The van der Waals surface area contributed by atoms with Gasteiger partial charge in [-0.05, 0) is 48.1 Å². The second kappa shape index (κ2) is 10.1. The van der Waals surface area contributed by atoms with Gasteiger partial charge in [-0.15, -0.1) is 11.8 Å². The zero-order valence-electron chi connectivity index (χ0n) is 14.3. The van der Waals surface area contributed by atoms with E-state index in [1.54, 1.807) is 42.1 Å². The molecule has 2 rings (SSSR count). The molecule has 2 aromatic carbocycles. The number of carboxylic acids is 1. The highest BCUT2D eigenvalue weighted by atomic mass is 35.5. The van der Waals surface area contributed by atoms with Gasteiger partial charge in [-0.3, -0.25) is 4.79 Å². The van der Waals surface area contributed by atoms with Crippen LogP contribution in [-0.4, -0.2) is 35.9 Å². The molecule has 0 aliphatic carbocycles. The number of hydrogen-bond donors (Lipinski definition) is 2. The van der Waals surface area contributed by atoms with E-state index in [9.17, 15) is 9.59 Å². The smallest absolute Gasteiger partial charge is 0.341 e.